The lowest BCUT2D eigenvalue weighted by Gasteiger charge is -2.08. The molecule has 0 saturated heterocycles. The molecule has 0 radical (unpaired) electrons. The molecule has 0 fully saturated rings. The van der Waals surface area contributed by atoms with Crippen LogP contribution in [0.25, 0.3) is 21.6 Å². The van der Waals surface area contributed by atoms with Crippen LogP contribution in [0.5, 0.6) is 5.75 Å². The summed E-state index contributed by atoms with van der Waals surface area (Å²) in [6.45, 7) is 3.29. The summed E-state index contributed by atoms with van der Waals surface area (Å²) >= 11 is 1.46. The van der Waals surface area contributed by atoms with Crippen molar-refractivity contribution in [2.24, 2.45) is 0 Å². The first kappa shape index (κ1) is 18.2. The van der Waals surface area contributed by atoms with E-state index >= 15 is 0 Å². The SMILES string of the molecule is CCn1cc(-c2nc(C(=O)NCc3ccccc3OC)cs2)c2cccnc21. The summed E-state index contributed by atoms with van der Waals surface area (Å²) in [5.74, 6) is 0.549. The number of para-hydroxylation sites is 1. The topological polar surface area (TPSA) is 69.0 Å². The van der Waals surface area contributed by atoms with E-state index in [0.29, 0.717) is 12.2 Å². The minimum absolute atomic E-state index is 0.203. The number of aromatic nitrogens is 3. The molecule has 0 aliphatic carbocycles. The van der Waals surface area contributed by atoms with Gasteiger partial charge in [0.25, 0.3) is 5.91 Å². The maximum absolute atomic E-state index is 12.6. The summed E-state index contributed by atoms with van der Waals surface area (Å²) in [7, 11) is 1.62. The summed E-state index contributed by atoms with van der Waals surface area (Å²) in [5.41, 5.74) is 3.26. The second kappa shape index (κ2) is 7.82. The molecule has 0 bridgehead atoms. The van der Waals surface area contributed by atoms with E-state index in [9.17, 15) is 4.79 Å². The van der Waals surface area contributed by atoms with Crippen molar-refractivity contribution in [3.05, 3.63) is 65.4 Å². The van der Waals surface area contributed by atoms with E-state index in [4.69, 9.17) is 4.74 Å². The van der Waals surface area contributed by atoms with Crippen LogP contribution in [0, 0.1) is 0 Å². The third-order valence-corrected chi connectivity index (χ3v) is 5.45. The van der Waals surface area contributed by atoms with Gasteiger partial charge in [0.05, 0.1) is 7.11 Å². The van der Waals surface area contributed by atoms with Gasteiger partial charge in [-0.05, 0) is 25.1 Å². The van der Waals surface area contributed by atoms with Crippen molar-refractivity contribution < 1.29 is 9.53 Å². The number of hydrogen-bond acceptors (Lipinski definition) is 5. The van der Waals surface area contributed by atoms with Crippen molar-refractivity contribution in [1.82, 2.24) is 19.9 Å². The molecule has 0 atom stereocenters. The quantitative estimate of drug-likeness (QED) is 0.536. The summed E-state index contributed by atoms with van der Waals surface area (Å²) in [6, 6.07) is 11.6. The number of carbonyl (C=O) groups is 1. The van der Waals surface area contributed by atoms with Crippen LogP contribution in [0.3, 0.4) is 0 Å². The molecule has 4 rings (SSSR count). The Morgan fingerprint density at radius 2 is 2.11 bits per heavy atom. The first-order chi connectivity index (χ1) is 13.7. The highest BCUT2D eigenvalue weighted by molar-refractivity contribution is 7.13. The number of methoxy groups -OCH3 is 1. The predicted molar refractivity (Wildman–Crippen MR) is 111 cm³/mol. The van der Waals surface area contributed by atoms with Gasteiger partial charge in [0, 0.05) is 47.4 Å². The highest BCUT2D eigenvalue weighted by atomic mass is 32.1. The Labute approximate surface area is 166 Å². The van der Waals surface area contributed by atoms with E-state index in [2.05, 4.69) is 26.8 Å². The highest BCUT2D eigenvalue weighted by Crippen LogP contribution is 2.31. The number of nitrogens with one attached hydrogen (secondary N) is 1. The average Bonchev–Trinajstić information content (AvgIpc) is 3.37. The molecular weight excluding hydrogens is 372 g/mol. The van der Waals surface area contributed by atoms with Crippen LogP contribution in [0.1, 0.15) is 23.0 Å². The number of ether oxygens (including phenoxy) is 1. The van der Waals surface area contributed by atoms with Crippen molar-refractivity contribution in [2.75, 3.05) is 7.11 Å². The van der Waals surface area contributed by atoms with Crippen LogP contribution in [0.15, 0.2) is 54.2 Å². The highest BCUT2D eigenvalue weighted by Gasteiger charge is 2.16. The predicted octanol–water partition coefficient (Wildman–Crippen LogP) is 4.12. The van der Waals surface area contributed by atoms with E-state index in [-0.39, 0.29) is 5.91 Å². The second-order valence-corrected chi connectivity index (χ2v) is 7.09. The van der Waals surface area contributed by atoms with Gasteiger partial charge in [-0.1, -0.05) is 18.2 Å². The Kier molecular flexibility index (Phi) is 5.08. The first-order valence-electron chi connectivity index (χ1n) is 9.01. The maximum Gasteiger partial charge on any atom is 0.271 e. The average molecular weight is 392 g/mol. The molecule has 0 saturated carbocycles. The van der Waals surface area contributed by atoms with Gasteiger partial charge in [-0.3, -0.25) is 4.79 Å². The molecule has 0 aliphatic heterocycles. The molecule has 7 heteroatoms. The molecule has 0 aliphatic rings. The zero-order valence-electron chi connectivity index (χ0n) is 15.7. The molecule has 4 aromatic rings. The molecule has 0 spiro atoms. The molecule has 1 aromatic carbocycles. The van der Waals surface area contributed by atoms with Crippen LogP contribution in [-0.2, 0) is 13.1 Å². The number of amides is 1. The number of thiazole rings is 1. The summed E-state index contributed by atoms with van der Waals surface area (Å²) in [5, 5.41) is 6.56. The third kappa shape index (κ3) is 3.36. The minimum atomic E-state index is -0.203. The van der Waals surface area contributed by atoms with Crippen LogP contribution in [0.4, 0.5) is 0 Å². The molecule has 142 valence electrons. The molecule has 6 nitrogen and oxygen atoms in total. The normalized spacial score (nSPS) is 10.9. The Balaban J connectivity index is 1.55. The number of aryl methyl sites for hydroxylation is 1. The summed E-state index contributed by atoms with van der Waals surface area (Å²) in [4.78, 5) is 21.6. The fourth-order valence-electron chi connectivity index (χ4n) is 3.15. The lowest BCUT2D eigenvalue weighted by atomic mass is 10.2. The van der Waals surface area contributed by atoms with Gasteiger partial charge >= 0.3 is 0 Å². The lowest BCUT2D eigenvalue weighted by Crippen LogP contribution is -2.23. The van der Waals surface area contributed by atoms with Crippen molar-refractivity contribution in [2.45, 2.75) is 20.0 Å². The number of hydrogen-bond donors (Lipinski definition) is 1. The molecule has 1 amide bonds. The molecule has 3 heterocycles. The van der Waals surface area contributed by atoms with Gasteiger partial charge < -0.3 is 14.6 Å². The largest absolute Gasteiger partial charge is 0.496 e. The van der Waals surface area contributed by atoms with E-state index < -0.39 is 0 Å². The van der Waals surface area contributed by atoms with Crippen molar-refractivity contribution in [1.29, 1.82) is 0 Å². The molecular formula is C21H20N4O2S. The zero-order chi connectivity index (χ0) is 19.5. The van der Waals surface area contributed by atoms with E-state index in [0.717, 1.165) is 39.5 Å². The van der Waals surface area contributed by atoms with E-state index in [1.54, 1.807) is 18.7 Å². The fraction of sp³-hybridized carbons (Fsp3) is 0.190. The Morgan fingerprint density at radius 3 is 2.93 bits per heavy atom. The number of nitrogens with zero attached hydrogens (tertiary/aromatic N) is 3. The number of fused-ring (bicyclic) bond motifs is 1. The second-order valence-electron chi connectivity index (χ2n) is 6.24. The van der Waals surface area contributed by atoms with Crippen LogP contribution in [0.2, 0.25) is 0 Å². The van der Waals surface area contributed by atoms with Crippen molar-refractivity contribution in [3.8, 4) is 16.3 Å². The third-order valence-electron chi connectivity index (χ3n) is 4.57. The van der Waals surface area contributed by atoms with Gasteiger partial charge in [-0.25, -0.2) is 9.97 Å². The van der Waals surface area contributed by atoms with Crippen LogP contribution in [-0.4, -0.2) is 27.6 Å². The summed E-state index contributed by atoms with van der Waals surface area (Å²) < 4.78 is 7.42. The molecule has 0 unspecified atom stereocenters. The monoisotopic (exact) mass is 392 g/mol. The van der Waals surface area contributed by atoms with Gasteiger partial charge in [0.15, 0.2) is 0 Å². The van der Waals surface area contributed by atoms with Gasteiger partial charge in [-0.15, -0.1) is 11.3 Å². The Hall–Kier alpha value is -3.19. The van der Waals surface area contributed by atoms with Crippen LogP contribution >= 0.6 is 11.3 Å². The van der Waals surface area contributed by atoms with E-state index in [1.165, 1.54) is 11.3 Å². The molecule has 1 N–H and O–H groups in total. The van der Waals surface area contributed by atoms with Gasteiger partial charge in [0.2, 0.25) is 0 Å². The molecule has 28 heavy (non-hydrogen) atoms. The summed E-state index contributed by atoms with van der Waals surface area (Å²) in [6.07, 6.45) is 3.84. The minimum Gasteiger partial charge on any atom is -0.496 e. The van der Waals surface area contributed by atoms with E-state index in [1.807, 2.05) is 42.6 Å². The number of rotatable bonds is 6. The van der Waals surface area contributed by atoms with Gasteiger partial charge in [0.1, 0.15) is 22.1 Å². The fourth-order valence-corrected chi connectivity index (χ4v) is 3.97. The first-order valence-corrected chi connectivity index (χ1v) is 9.89. The Morgan fingerprint density at radius 1 is 1.25 bits per heavy atom. The number of pyridine rings is 1. The smallest absolute Gasteiger partial charge is 0.271 e. The maximum atomic E-state index is 12.6. The standard InChI is InChI=1S/C21H20N4O2S/c1-3-25-12-16(15-8-6-10-22-19(15)25)21-24-17(13-28-21)20(26)23-11-14-7-4-5-9-18(14)27-2/h4-10,12-13H,3,11H2,1-2H3,(H,23,26). The van der Waals surface area contributed by atoms with Crippen molar-refractivity contribution in [3.63, 3.8) is 0 Å². The van der Waals surface area contributed by atoms with Crippen LogP contribution < -0.4 is 10.1 Å². The number of carbonyl (C=O) groups excluding carboxylic acids is 1. The molecule has 3 aromatic heterocycles. The van der Waals surface area contributed by atoms with Crippen molar-refractivity contribution >= 4 is 28.3 Å². The Bertz CT molecular complexity index is 1130. The van der Waals surface area contributed by atoms with Gasteiger partial charge in [-0.2, -0.15) is 0 Å². The lowest BCUT2D eigenvalue weighted by molar-refractivity contribution is 0.0946. The number of benzene rings is 1. The zero-order valence-corrected chi connectivity index (χ0v) is 16.5.